The van der Waals surface area contributed by atoms with Gasteiger partial charge in [0.05, 0.1) is 28.8 Å². The summed E-state index contributed by atoms with van der Waals surface area (Å²) in [6.07, 6.45) is -1.33. The van der Waals surface area contributed by atoms with E-state index in [0.717, 1.165) is 16.0 Å². The van der Waals surface area contributed by atoms with Crippen molar-refractivity contribution in [1.29, 1.82) is 0 Å². The third kappa shape index (κ3) is 5.85. The summed E-state index contributed by atoms with van der Waals surface area (Å²) >= 11 is 0. The Kier molecular flexibility index (Phi) is 7.19. The Balaban J connectivity index is 2.24. The Morgan fingerprint density at radius 1 is 1.04 bits per heavy atom. The van der Waals surface area contributed by atoms with Crippen LogP contribution in [0.15, 0.2) is 59.5 Å². The van der Waals surface area contributed by atoms with Crippen molar-refractivity contribution in [2.75, 3.05) is 5.75 Å². The fourth-order valence-electron chi connectivity index (χ4n) is 2.53. The van der Waals surface area contributed by atoms with Crippen molar-refractivity contribution in [3.63, 3.8) is 0 Å². The van der Waals surface area contributed by atoms with Gasteiger partial charge in [0.2, 0.25) is 0 Å². The van der Waals surface area contributed by atoms with Gasteiger partial charge in [-0.2, -0.15) is 0 Å². The Morgan fingerprint density at radius 3 is 2.11 bits per heavy atom. The molecular formula is C22H32O3SSi. The molecule has 0 saturated carbocycles. The molecule has 148 valence electrons. The monoisotopic (exact) mass is 404 g/mol. The molecule has 3 atom stereocenters. The quantitative estimate of drug-likeness (QED) is 0.643. The Bertz CT molecular complexity index is 751. The van der Waals surface area contributed by atoms with Crippen molar-refractivity contribution in [3.8, 4) is 0 Å². The first-order chi connectivity index (χ1) is 12.5. The molecule has 0 unspecified atom stereocenters. The van der Waals surface area contributed by atoms with Gasteiger partial charge in [-0.15, -0.1) is 0 Å². The molecule has 0 radical (unpaired) electrons. The molecule has 2 rings (SSSR count). The van der Waals surface area contributed by atoms with Gasteiger partial charge in [-0.05, 0) is 42.8 Å². The van der Waals surface area contributed by atoms with E-state index in [1.54, 1.807) is 0 Å². The first-order valence-corrected chi connectivity index (χ1v) is 13.6. The second-order valence-electron chi connectivity index (χ2n) is 8.60. The van der Waals surface area contributed by atoms with E-state index < -0.39 is 31.3 Å². The Morgan fingerprint density at radius 2 is 1.59 bits per heavy atom. The van der Waals surface area contributed by atoms with E-state index in [2.05, 4.69) is 33.9 Å². The lowest BCUT2D eigenvalue weighted by Gasteiger charge is -2.40. The SMILES string of the molecule is Cc1ccc([S@@](=O)C[C@H](O)[C@@H](O[Si](C)(C)C(C)(C)C)c2ccccc2)cc1. The zero-order valence-corrected chi connectivity index (χ0v) is 19.0. The summed E-state index contributed by atoms with van der Waals surface area (Å²) in [6, 6.07) is 17.4. The van der Waals surface area contributed by atoms with Crippen molar-refractivity contribution < 1.29 is 13.7 Å². The summed E-state index contributed by atoms with van der Waals surface area (Å²) in [7, 11) is -3.39. The number of aliphatic hydroxyl groups excluding tert-OH is 1. The molecule has 0 heterocycles. The summed E-state index contributed by atoms with van der Waals surface area (Å²) in [5.41, 5.74) is 2.05. The number of rotatable bonds is 7. The van der Waals surface area contributed by atoms with E-state index in [0.29, 0.717) is 0 Å². The summed E-state index contributed by atoms with van der Waals surface area (Å²) in [4.78, 5) is 0.735. The summed E-state index contributed by atoms with van der Waals surface area (Å²) in [5, 5.41) is 11.0. The molecule has 0 fully saturated rings. The highest BCUT2D eigenvalue weighted by molar-refractivity contribution is 7.85. The maximum absolute atomic E-state index is 12.8. The standard InChI is InChI=1S/C22H32O3SSi/c1-17-12-14-19(15-13-17)26(24)16-20(23)21(18-10-8-7-9-11-18)25-27(5,6)22(2,3)4/h7-15,20-21,23H,16H2,1-6H3/t20-,21-,26-/m0/s1. The van der Waals surface area contributed by atoms with E-state index in [9.17, 15) is 9.32 Å². The third-order valence-electron chi connectivity index (χ3n) is 5.31. The van der Waals surface area contributed by atoms with Crippen molar-refractivity contribution in [1.82, 2.24) is 0 Å². The van der Waals surface area contributed by atoms with E-state index >= 15 is 0 Å². The first-order valence-electron chi connectivity index (χ1n) is 9.37. The maximum Gasteiger partial charge on any atom is 0.193 e. The lowest BCUT2D eigenvalue weighted by Crippen LogP contribution is -2.44. The van der Waals surface area contributed by atoms with Gasteiger partial charge >= 0.3 is 0 Å². The zero-order valence-electron chi connectivity index (χ0n) is 17.2. The minimum atomic E-state index is -2.11. The zero-order chi connectivity index (χ0) is 20.2. The average molecular weight is 405 g/mol. The molecule has 0 amide bonds. The van der Waals surface area contributed by atoms with Gasteiger partial charge < -0.3 is 9.53 Å². The van der Waals surface area contributed by atoms with Crippen LogP contribution in [0.1, 0.15) is 38.0 Å². The van der Waals surface area contributed by atoms with Gasteiger partial charge in [-0.1, -0.05) is 68.8 Å². The molecule has 0 saturated heterocycles. The Labute approximate surface area is 167 Å². The van der Waals surface area contributed by atoms with Gasteiger partial charge in [0.15, 0.2) is 8.32 Å². The minimum absolute atomic E-state index is 0.0237. The van der Waals surface area contributed by atoms with Crippen LogP contribution in [-0.4, -0.2) is 29.5 Å². The minimum Gasteiger partial charge on any atom is -0.407 e. The van der Waals surface area contributed by atoms with Crippen LogP contribution >= 0.6 is 0 Å². The second kappa shape index (κ2) is 8.82. The van der Waals surface area contributed by atoms with E-state index in [1.165, 1.54) is 0 Å². The number of benzene rings is 2. The molecule has 0 aliphatic heterocycles. The third-order valence-corrected chi connectivity index (χ3v) is 11.2. The number of hydrogen-bond donors (Lipinski definition) is 1. The summed E-state index contributed by atoms with van der Waals surface area (Å²) in [6.45, 7) is 12.9. The fraction of sp³-hybridized carbons (Fsp3) is 0.455. The van der Waals surface area contributed by atoms with Gasteiger partial charge in [0.25, 0.3) is 0 Å². The van der Waals surface area contributed by atoms with Crippen LogP contribution in [0.4, 0.5) is 0 Å². The van der Waals surface area contributed by atoms with Crippen LogP contribution in [0.3, 0.4) is 0 Å². The second-order valence-corrected chi connectivity index (χ2v) is 14.9. The smallest absolute Gasteiger partial charge is 0.193 e. The predicted octanol–water partition coefficient (Wildman–Crippen LogP) is 5.23. The van der Waals surface area contributed by atoms with Crippen LogP contribution < -0.4 is 0 Å². The maximum atomic E-state index is 12.8. The molecule has 1 N–H and O–H groups in total. The molecule has 0 spiro atoms. The molecule has 0 aromatic heterocycles. The number of aliphatic hydroxyl groups is 1. The van der Waals surface area contributed by atoms with Crippen LogP contribution in [0.25, 0.3) is 0 Å². The molecule has 0 aliphatic rings. The van der Waals surface area contributed by atoms with E-state index in [1.807, 2.05) is 61.5 Å². The highest BCUT2D eigenvalue weighted by atomic mass is 32.2. The topological polar surface area (TPSA) is 46.5 Å². The lowest BCUT2D eigenvalue weighted by atomic mass is 10.1. The molecule has 0 bridgehead atoms. The van der Waals surface area contributed by atoms with Crippen molar-refractivity contribution in [2.45, 2.75) is 62.9 Å². The average Bonchev–Trinajstić information content (AvgIpc) is 2.60. The Hall–Kier alpha value is -1.27. The van der Waals surface area contributed by atoms with Crippen LogP contribution in [0.2, 0.25) is 18.1 Å². The van der Waals surface area contributed by atoms with Crippen LogP contribution in [0, 0.1) is 6.92 Å². The first kappa shape index (κ1) is 22.0. The van der Waals surface area contributed by atoms with Gasteiger partial charge in [0, 0.05) is 4.90 Å². The van der Waals surface area contributed by atoms with Gasteiger partial charge in [-0.3, -0.25) is 4.21 Å². The molecule has 0 aliphatic carbocycles. The fourth-order valence-corrected chi connectivity index (χ4v) is 4.93. The lowest BCUT2D eigenvalue weighted by molar-refractivity contribution is 0.0410. The predicted molar refractivity (Wildman–Crippen MR) is 116 cm³/mol. The van der Waals surface area contributed by atoms with Crippen molar-refractivity contribution >= 4 is 19.1 Å². The highest BCUT2D eigenvalue weighted by Crippen LogP contribution is 2.40. The summed E-state index contributed by atoms with van der Waals surface area (Å²) in [5.74, 6) is 0.150. The number of aryl methyl sites for hydroxylation is 1. The van der Waals surface area contributed by atoms with Crippen LogP contribution in [-0.2, 0) is 15.2 Å². The van der Waals surface area contributed by atoms with Crippen molar-refractivity contribution in [3.05, 3.63) is 65.7 Å². The van der Waals surface area contributed by atoms with Crippen molar-refractivity contribution in [2.24, 2.45) is 0 Å². The van der Waals surface area contributed by atoms with Crippen LogP contribution in [0.5, 0.6) is 0 Å². The molecule has 2 aromatic carbocycles. The summed E-state index contributed by atoms with van der Waals surface area (Å²) < 4.78 is 19.3. The highest BCUT2D eigenvalue weighted by Gasteiger charge is 2.41. The molecule has 2 aromatic rings. The largest absolute Gasteiger partial charge is 0.407 e. The van der Waals surface area contributed by atoms with E-state index in [-0.39, 0.29) is 10.8 Å². The number of hydrogen-bond acceptors (Lipinski definition) is 3. The van der Waals surface area contributed by atoms with E-state index in [4.69, 9.17) is 4.43 Å². The molecule has 5 heteroatoms. The van der Waals surface area contributed by atoms with Gasteiger partial charge in [0.1, 0.15) is 0 Å². The van der Waals surface area contributed by atoms with Gasteiger partial charge in [-0.25, -0.2) is 0 Å². The molecule has 3 nitrogen and oxygen atoms in total. The normalized spacial score (nSPS) is 16.0. The molecule has 27 heavy (non-hydrogen) atoms. The molecular weight excluding hydrogens is 372 g/mol.